The second-order valence-corrected chi connectivity index (χ2v) is 10.8. The lowest BCUT2D eigenvalue weighted by atomic mass is 10.1. The summed E-state index contributed by atoms with van der Waals surface area (Å²) in [4.78, 5) is 27.1. The van der Waals surface area contributed by atoms with Crippen molar-refractivity contribution in [3.05, 3.63) is 85.8 Å². The second-order valence-electron chi connectivity index (χ2n) is 7.46. The summed E-state index contributed by atoms with van der Waals surface area (Å²) in [7, 11) is -4.12. The highest BCUT2D eigenvalue weighted by molar-refractivity contribution is 9.10. The van der Waals surface area contributed by atoms with Gasteiger partial charge in [0, 0.05) is 17.0 Å². The lowest BCUT2D eigenvalue weighted by Crippen LogP contribution is -2.29. The Hall–Kier alpha value is -3.17. The van der Waals surface area contributed by atoms with Gasteiger partial charge >= 0.3 is 0 Å². The maximum absolute atomic E-state index is 15.2. The number of hydrogen-bond donors (Lipinski definition) is 2. The zero-order valence-electron chi connectivity index (χ0n) is 18.9. The van der Waals surface area contributed by atoms with Crippen LogP contribution in [0.15, 0.2) is 57.9 Å². The molecule has 37 heavy (non-hydrogen) atoms. The number of halogens is 4. The molecule has 2 N–H and O–H groups in total. The molecule has 0 aromatic heterocycles. The molecule has 3 aromatic carbocycles. The number of nitrogens with zero attached hydrogens (tertiary/aromatic N) is 1. The number of hydrogen-bond acceptors (Lipinski definition) is 5. The highest BCUT2D eigenvalue weighted by Gasteiger charge is 2.20. The predicted molar refractivity (Wildman–Crippen MR) is 141 cm³/mol. The molecular formula is C24H17BrCl2FN3O5S. The fourth-order valence-corrected chi connectivity index (χ4v) is 4.99. The van der Waals surface area contributed by atoms with Crippen molar-refractivity contribution in [1.29, 1.82) is 0 Å². The Morgan fingerprint density at radius 2 is 1.84 bits per heavy atom. The summed E-state index contributed by atoms with van der Waals surface area (Å²) in [6.07, 6.45) is -0.428. The molecule has 8 nitrogen and oxygen atoms in total. The van der Waals surface area contributed by atoms with Crippen molar-refractivity contribution < 1.29 is 27.1 Å². The zero-order valence-corrected chi connectivity index (χ0v) is 22.9. The van der Waals surface area contributed by atoms with Gasteiger partial charge in [0.1, 0.15) is 5.75 Å². The van der Waals surface area contributed by atoms with Gasteiger partial charge in [-0.15, -0.1) is 0 Å². The standard InChI is InChI=1S/C24H17BrCl2FN3O5S/c1-3-21(32)31-37(34,35)17-5-7-20(19(27)12-17)30-22(33)8-13-4-6-18(25)24(23(13)28)36-16-10-14(26)9-15(11-16)29-2/h4-7,9-12H,3,8H2,1H3,(H,30,33)(H,31,32). The van der Waals surface area contributed by atoms with E-state index in [1.54, 1.807) is 0 Å². The fourth-order valence-electron chi connectivity index (χ4n) is 3.01. The molecule has 0 heterocycles. The molecule has 0 radical (unpaired) electrons. The highest BCUT2D eigenvalue weighted by Crippen LogP contribution is 2.37. The first kappa shape index (κ1) is 28.4. The molecule has 0 saturated carbocycles. The minimum absolute atomic E-state index is 0.000675. The van der Waals surface area contributed by atoms with E-state index in [9.17, 15) is 18.0 Å². The van der Waals surface area contributed by atoms with E-state index in [1.165, 1.54) is 49.4 Å². The number of carbonyl (C=O) groups is 2. The maximum Gasteiger partial charge on any atom is 0.264 e. The summed E-state index contributed by atoms with van der Waals surface area (Å²) in [5.74, 6) is -2.20. The van der Waals surface area contributed by atoms with E-state index in [-0.39, 0.29) is 54.3 Å². The molecule has 0 aliphatic rings. The van der Waals surface area contributed by atoms with Gasteiger partial charge in [-0.3, -0.25) is 9.59 Å². The molecule has 13 heteroatoms. The molecule has 3 aromatic rings. The van der Waals surface area contributed by atoms with Crippen molar-refractivity contribution >= 4 is 72.3 Å². The number of anilines is 1. The normalized spacial score (nSPS) is 10.9. The molecule has 0 bridgehead atoms. The van der Waals surface area contributed by atoms with Crippen molar-refractivity contribution in [3.8, 4) is 11.5 Å². The molecule has 0 spiro atoms. The van der Waals surface area contributed by atoms with Gasteiger partial charge in [-0.05, 0) is 58.4 Å². The first-order chi connectivity index (χ1) is 17.4. The van der Waals surface area contributed by atoms with Crippen molar-refractivity contribution in [2.45, 2.75) is 24.7 Å². The Kier molecular flexibility index (Phi) is 9.15. The smallest absolute Gasteiger partial charge is 0.264 e. The van der Waals surface area contributed by atoms with Crippen LogP contribution in [0.5, 0.6) is 11.5 Å². The van der Waals surface area contributed by atoms with Crippen LogP contribution >= 0.6 is 39.1 Å². The van der Waals surface area contributed by atoms with Crippen LogP contribution in [0.1, 0.15) is 18.9 Å². The molecule has 192 valence electrons. The van der Waals surface area contributed by atoms with Crippen molar-refractivity contribution in [2.24, 2.45) is 0 Å². The maximum atomic E-state index is 15.2. The summed E-state index contributed by atoms with van der Waals surface area (Å²) in [6.45, 7) is 8.63. The Morgan fingerprint density at radius 3 is 2.49 bits per heavy atom. The largest absolute Gasteiger partial charge is 0.454 e. The van der Waals surface area contributed by atoms with Gasteiger partial charge in [0.05, 0.1) is 33.1 Å². The molecular weight excluding hydrogens is 612 g/mol. The van der Waals surface area contributed by atoms with Crippen LogP contribution < -0.4 is 14.8 Å². The number of carbonyl (C=O) groups excluding carboxylic acids is 2. The van der Waals surface area contributed by atoms with Gasteiger partial charge in [0.15, 0.2) is 17.3 Å². The average molecular weight is 629 g/mol. The SMILES string of the molecule is [C-]#[N+]c1cc(Cl)cc(Oc2c(Br)ccc(CC(=O)Nc3ccc(S(=O)(=O)NC(=O)CC)cc3Cl)c2F)c1. The number of sulfonamides is 1. The van der Waals surface area contributed by atoms with Gasteiger partial charge in [-0.1, -0.05) is 36.2 Å². The molecule has 0 unspecified atom stereocenters. The number of ether oxygens (including phenoxy) is 1. The van der Waals surface area contributed by atoms with E-state index in [4.69, 9.17) is 34.5 Å². The molecule has 0 fully saturated rings. The van der Waals surface area contributed by atoms with E-state index >= 15 is 4.39 Å². The van der Waals surface area contributed by atoms with Gasteiger partial charge < -0.3 is 10.1 Å². The van der Waals surface area contributed by atoms with Crippen molar-refractivity contribution in [3.63, 3.8) is 0 Å². The summed E-state index contributed by atoms with van der Waals surface area (Å²) in [5, 5.41) is 2.64. The summed E-state index contributed by atoms with van der Waals surface area (Å²) < 4.78 is 47.5. The van der Waals surface area contributed by atoms with E-state index in [0.717, 1.165) is 6.07 Å². The van der Waals surface area contributed by atoms with Gasteiger partial charge in [0.25, 0.3) is 10.0 Å². The Balaban J connectivity index is 1.78. The monoisotopic (exact) mass is 627 g/mol. The predicted octanol–water partition coefficient (Wildman–Crippen LogP) is 6.63. The van der Waals surface area contributed by atoms with Crippen molar-refractivity contribution in [1.82, 2.24) is 4.72 Å². The summed E-state index contributed by atoms with van der Waals surface area (Å²) in [6, 6.07) is 10.6. The van der Waals surface area contributed by atoms with Crippen LogP contribution in [0.4, 0.5) is 15.8 Å². The van der Waals surface area contributed by atoms with E-state index in [0.29, 0.717) is 0 Å². The van der Waals surface area contributed by atoms with Crippen LogP contribution in [0.3, 0.4) is 0 Å². The molecule has 0 aliphatic heterocycles. The lowest BCUT2D eigenvalue weighted by molar-refractivity contribution is -0.119. The highest BCUT2D eigenvalue weighted by atomic mass is 79.9. The lowest BCUT2D eigenvalue weighted by Gasteiger charge is -2.13. The Bertz CT molecular complexity index is 1540. The Labute approximate surface area is 230 Å². The summed E-state index contributed by atoms with van der Waals surface area (Å²) in [5.41, 5.74) is 0.297. The number of rotatable bonds is 8. The molecule has 0 atom stereocenters. The molecule has 3 rings (SSSR count). The average Bonchev–Trinajstić information content (AvgIpc) is 2.84. The minimum Gasteiger partial charge on any atom is -0.454 e. The topological polar surface area (TPSA) is 106 Å². The number of benzene rings is 3. The van der Waals surface area contributed by atoms with Crippen molar-refractivity contribution in [2.75, 3.05) is 5.32 Å². The third kappa shape index (κ3) is 7.20. The van der Waals surface area contributed by atoms with Gasteiger partial charge in [-0.2, -0.15) is 0 Å². The first-order valence-corrected chi connectivity index (χ1v) is 13.4. The van der Waals surface area contributed by atoms with Crippen LogP contribution in [-0.2, 0) is 26.0 Å². The molecule has 0 aliphatic carbocycles. The van der Waals surface area contributed by atoms with Gasteiger partial charge in [0.2, 0.25) is 11.8 Å². The zero-order chi connectivity index (χ0) is 27.3. The van der Waals surface area contributed by atoms with E-state index in [1.807, 2.05) is 4.72 Å². The van der Waals surface area contributed by atoms with Crippen LogP contribution in [0, 0.1) is 12.4 Å². The summed E-state index contributed by atoms with van der Waals surface area (Å²) >= 11 is 15.3. The minimum atomic E-state index is -4.12. The fraction of sp³-hybridized carbons (Fsp3) is 0.125. The van der Waals surface area contributed by atoms with Gasteiger partial charge in [-0.25, -0.2) is 22.4 Å². The Morgan fingerprint density at radius 1 is 1.11 bits per heavy atom. The number of nitrogens with one attached hydrogen (secondary N) is 2. The third-order valence-electron chi connectivity index (χ3n) is 4.78. The molecule has 0 saturated heterocycles. The second kappa shape index (κ2) is 11.9. The van der Waals surface area contributed by atoms with Crippen LogP contribution in [0.25, 0.3) is 4.85 Å². The van der Waals surface area contributed by atoms with E-state index < -0.39 is 34.1 Å². The third-order valence-corrected chi connectivity index (χ3v) is 7.31. The number of amides is 2. The quantitative estimate of drug-likeness (QED) is 0.272. The first-order valence-electron chi connectivity index (χ1n) is 10.4. The van der Waals surface area contributed by atoms with E-state index in [2.05, 4.69) is 26.1 Å². The van der Waals surface area contributed by atoms with Crippen LogP contribution in [-0.4, -0.2) is 20.2 Å². The molecule has 2 amide bonds. The van der Waals surface area contributed by atoms with Crippen LogP contribution in [0.2, 0.25) is 10.0 Å².